The summed E-state index contributed by atoms with van der Waals surface area (Å²) in [4.78, 5) is 5.28. The maximum absolute atomic E-state index is 12.6. The number of aromatic amines is 1. The molecule has 2 rings (SSSR count). The van der Waals surface area contributed by atoms with Gasteiger partial charge in [0.1, 0.15) is 11.3 Å². The molecule has 0 aliphatic rings. The average Bonchev–Trinajstić information content (AvgIpc) is 2.55. The lowest BCUT2D eigenvalue weighted by atomic mass is 10.1. The van der Waals surface area contributed by atoms with Gasteiger partial charge in [0, 0.05) is 5.02 Å². The van der Waals surface area contributed by atoms with Crippen molar-refractivity contribution in [2.45, 2.75) is 18.3 Å². The highest BCUT2D eigenvalue weighted by Crippen LogP contribution is 2.45. The van der Waals surface area contributed by atoms with Gasteiger partial charge in [0.25, 0.3) is 0 Å². The van der Waals surface area contributed by atoms with Crippen molar-refractivity contribution in [1.82, 2.24) is 9.97 Å². The van der Waals surface area contributed by atoms with Crippen LogP contribution in [0.1, 0.15) is 11.7 Å². The van der Waals surface area contributed by atoms with E-state index in [-0.39, 0.29) is 21.7 Å². The van der Waals surface area contributed by atoms with E-state index < -0.39 is 24.1 Å². The number of nitrogen functional groups attached to an aromatic ring is 1. The molecular formula is C10H6ClF6N3. The Bertz CT molecular complexity index is 631. The van der Waals surface area contributed by atoms with Gasteiger partial charge in [-0.3, -0.25) is 0 Å². The normalized spacial score (nSPS) is 13.4. The molecule has 10 heteroatoms. The maximum atomic E-state index is 12.6. The number of rotatable bonds is 1. The van der Waals surface area contributed by atoms with E-state index in [0.717, 1.165) is 6.07 Å². The average molecular weight is 318 g/mol. The highest BCUT2D eigenvalue weighted by molar-refractivity contribution is 6.31. The fourth-order valence-corrected chi connectivity index (χ4v) is 1.99. The molecule has 3 nitrogen and oxygen atoms in total. The van der Waals surface area contributed by atoms with E-state index in [4.69, 9.17) is 17.3 Å². The van der Waals surface area contributed by atoms with Crippen molar-refractivity contribution in [3.8, 4) is 0 Å². The smallest absolute Gasteiger partial charge is 0.397 e. The number of nitrogens with zero attached hydrogens (tertiary/aromatic N) is 1. The predicted octanol–water partition coefficient (Wildman–Crippen LogP) is 4.01. The topological polar surface area (TPSA) is 54.7 Å². The first-order valence-electron chi connectivity index (χ1n) is 5.08. The summed E-state index contributed by atoms with van der Waals surface area (Å²) in [5, 5.41) is 0.0702. The first-order valence-corrected chi connectivity index (χ1v) is 5.46. The number of alkyl halides is 6. The number of aromatic nitrogens is 2. The molecule has 0 unspecified atom stereocenters. The van der Waals surface area contributed by atoms with Crippen LogP contribution in [0.15, 0.2) is 12.1 Å². The molecular weight excluding hydrogens is 312 g/mol. The molecule has 0 fully saturated rings. The summed E-state index contributed by atoms with van der Waals surface area (Å²) in [6.45, 7) is 0. The first-order chi connectivity index (χ1) is 9.00. The third kappa shape index (κ3) is 2.62. The molecule has 0 radical (unpaired) electrons. The second kappa shape index (κ2) is 4.44. The summed E-state index contributed by atoms with van der Waals surface area (Å²) in [5.74, 6) is -4.98. The Morgan fingerprint density at radius 3 is 2.15 bits per heavy atom. The van der Waals surface area contributed by atoms with Crippen molar-refractivity contribution in [3.05, 3.63) is 23.0 Å². The lowest BCUT2D eigenvalue weighted by Crippen LogP contribution is -2.34. The van der Waals surface area contributed by atoms with Crippen LogP contribution in [-0.4, -0.2) is 22.3 Å². The number of imidazole rings is 1. The largest absolute Gasteiger partial charge is 0.407 e. The minimum Gasteiger partial charge on any atom is -0.397 e. The first kappa shape index (κ1) is 14.8. The van der Waals surface area contributed by atoms with Gasteiger partial charge >= 0.3 is 12.4 Å². The van der Waals surface area contributed by atoms with Gasteiger partial charge in [0.05, 0.1) is 11.2 Å². The molecule has 3 N–H and O–H groups in total. The van der Waals surface area contributed by atoms with Gasteiger partial charge in [-0.2, -0.15) is 26.3 Å². The monoisotopic (exact) mass is 317 g/mol. The molecule has 110 valence electrons. The molecule has 0 saturated heterocycles. The number of anilines is 1. The Morgan fingerprint density at radius 2 is 1.65 bits per heavy atom. The molecule has 1 aromatic carbocycles. The summed E-state index contributed by atoms with van der Waals surface area (Å²) in [6.07, 6.45) is -11.0. The van der Waals surface area contributed by atoms with E-state index in [9.17, 15) is 26.3 Å². The number of nitrogens with two attached hydrogens (primary N) is 1. The fourth-order valence-electron chi connectivity index (χ4n) is 1.76. The summed E-state index contributed by atoms with van der Waals surface area (Å²) in [5.41, 5.74) is 5.06. The van der Waals surface area contributed by atoms with E-state index in [2.05, 4.69) is 4.98 Å². The molecule has 20 heavy (non-hydrogen) atoms. The summed E-state index contributed by atoms with van der Waals surface area (Å²) in [6, 6.07) is 2.33. The number of halogens is 7. The number of H-pyrrole nitrogens is 1. The second-order valence-electron chi connectivity index (χ2n) is 4.03. The Hall–Kier alpha value is -1.64. The zero-order valence-electron chi connectivity index (χ0n) is 9.40. The van der Waals surface area contributed by atoms with Crippen LogP contribution in [0.3, 0.4) is 0 Å². The molecule has 0 aliphatic carbocycles. The van der Waals surface area contributed by atoms with Crippen LogP contribution in [-0.2, 0) is 0 Å². The molecule has 0 aliphatic heterocycles. The van der Waals surface area contributed by atoms with E-state index in [0.29, 0.717) is 0 Å². The van der Waals surface area contributed by atoms with Gasteiger partial charge in [-0.1, -0.05) is 11.6 Å². The van der Waals surface area contributed by atoms with Crippen LogP contribution in [0, 0.1) is 0 Å². The van der Waals surface area contributed by atoms with E-state index >= 15 is 0 Å². The van der Waals surface area contributed by atoms with E-state index in [1.807, 2.05) is 4.98 Å². The quantitative estimate of drug-likeness (QED) is 0.617. The van der Waals surface area contributed by atoms with Gasteiger partial charge in [-0.05, 0) is 12.1 Å². The third-order valence-corrected chi connectivity index (χ3v) is 2.75. The van der Waals surface area contributed by atoms with Gasteiger partial charge in [0.15, 0.2) is 0 Å². The number of benzene rings is 1. The summed E-state index contributed by atoms with van der Waals surface area (Å²) >= 11 is 5.62. The SMILES string of the molecule is Nc1cc(Cl)cc2[nH]c(C(C(F)(F)F)C(F)(F)F)nc12. The third-order valence-electron chi connectivity index (χ3n) is 2.53. The Morgan fingerprint density at radius 1 is 1.10 bits per heavy atom. The van der Waals surface area contributed by atoms with Crippen LogP contribution < -0.4 is 5.73 Å². The number of nitrogens with one attached hydrogen (secondary N) is 1. The minimum absolute atomic E-state index is 0.0702. The maximum Gasteiger partial charge on any atom is 0.407 e. The minimum atomic E-state index is -5.52. The zero-order chi connectivity index (χ0) is 15.3. The summed E-state index contributed by atoms with van der Waals surface area (Å²) < 4.78 is 75.4. The Labute approximate surface area is 112 Å². The molecule has 0 saturated carbocycles. The molecule has 1 aromatic heterocycles. The lowest BCUT2D eigenvalue weighted by Gasteiger charge is -2.20. The Balaban J connectivity index is 2.64. The van der Waals surface area contributed by atoms with Crippen molar-refractivity contribution in [2.24, 2.45) is 0 Å². The Kier molecular flexibility index (Phi) is 3.28. The van der Waals surface area contributed by atoms with Crippen LogP contribution in [0.25, 0.3) is 11.0 Å². The van der Waals surface area contributed by atoms with Crippen LogP contribution in [0.2, 0.25) is 5.02 Å². The standard InChI is InChI=1S/C10H6ClF6N3/c11-3-1-4(18)6-5(2-3)19-8(20-6)7(9(12,13)14)10(15,16)17/h1-2,7H,18H2,(H,19,20). The molecule has 2 aromatic rings. The summed E-state index contributed by atoms with van der Waals surface area (Å²) in [7, 11) is 0. The molecule has 1 heterocycles. The van der Waals surface area contributed by atoms with Crippen molar-refractivity contribution >= 4 is 28.3 Å². The van der Waals surface area contributed by atoms with Crippen molar-refractivity contribution in [1.29, 1.82) is 0 Å². The highest BCUT2D eigenvalue weighted by atomic mass is 35.5. The van der Waals surface area contributed by atoms with Crippen molar-refractivity contribution in [2.75, 3.05) is 5.73 Å². The van der Waals surface area contributed by atoms with Crippen LogP contribution in [0.4, 0.5) is 32.0 Å². The van der Waals surface area contributed by atoms with Gasteiger partial charge in [0.2, 0.25) is 5.92 Å². The molecule has 0 spiro atoms. The fraction of sp³-hybridized carbons (Fsp3) is 0.300. The molecule has 0 atom stereocenters. The predicted molar refractivity (Wildman–Crippen MR) is 60.4 cm³/mol. The van der Waals surface area contributed by atoms with E-state index in [1.165, 1.54) is 6.07 Å². The van der Waals surface area contributed by atoms with Crippen molar-refractivity contribution in [3.63, 3.8) is 0 Å². The van der Waals surface area contributed by atoms with Crippen LogP contribution in [0.5, 0.6) is 0 Å². The lowest BCUT2D eigenvalue weighted by molar-refractivity contribution is -0.255. The van der Waals surface area contributed by atoms with Gasteiger partial charge in [-0.15, -0.1) is 0 Å². The molecule has 0 bridgehead atoms. The van der Waals surface area contributed by atoms with Crippen LogP contribution >= 0.6 is 11.6 Å². The number of hydrogen-bond acceptors (Lipinski definition) is 2. The molecule has 0 amide bonds. The van der Waals surface area contributed by atoms with E-state index in [1.54, 1.807) is 0 Å². The zero-order valence-corrected chi connectivity index (χ0v) is 10.2. The number of hydrogen-bond donors (Lipinski definition) is 2. The van der Waals surface area contributed by atoms with Gasteiger partial charge in [-0.25, -0.2) is 4.98 Å². The van der Waals surface area contributed by atoms with Gasteiger partial charge < -0.3 is 10.7 Å². The number of fused-ring (bicyclic) bond motifs is 1. The highest BCUT2D eigenvalue weighted by Gasteiger charge is 2.59. The van der Waals surface area contributed by atoms with Crippen molar-refractivity contribution < 1.29 is 26.3 Å². The second-order valence-corrected chi connectivity index (χ2v) is 4.47.